The van der Waals surface area contributed by atoms with Crippen LogP contribution in [-0.4, -0.2) is 0 Å². The van der Waals surface area contributed by atoms with Crippen molar-refractivity contribution in [1.82, 2.24) is 5.32 Å². The van der Waals surface area contributed by atoms with Crippen molar-refractivity contribution in [2.24, 2.45) is 5.92 Å². The first kappa shape index (κ1) is 11.1. The van der Waals surface area contributed by atoms with E-state index < -0.39 is 0 Å². The van der Waals surface area contributed by atoms with E-state index in [1.807, 2.05) is 32.9 Å². The topological polar surface area (TPSA) is 59.6 Å². The van der Waals surface area contributed by atoms with Crippen molar-refractivity contribution in [2.45, 2.75) is 20.8 Å². The third kappa shape index (κ3) is 1.92. The van der Waals surface area contributed by atoms with Crippen molar-refractivity contribution in [2.75, 3.05) is 0 Å². The maximum atomic E-state index is 9.04. The molecule has 0 aromatic heterocycles. The quantitative estimate of drug-likeness (QED) is 0.659. The van der Waals surface area contributed by atoms with E-state index in [1.54, 1.807) is 0 Å². The average molecular weight is 199 g/mol. The lowest BCUT2D eigenvalue weighted by Gasteiger charge is -2.23. The van der Waals surface area contributed by atoms with Crippen molar-refractivity contribution in [3.63, 3.8) is 0 Å². The molecule has 3 heteroatoms. The van der Waals surface area contributed by atoms with E-state index in [-0.39, 0.29) is 5.92 Å². The van der Waals surface area contributed by atoms with Crippen molar-refractivity contribution in [1.29, 1.82) is 10.5 Å². The molecule has 0 atom stereocenters. The van der Waals surface area contributed by atoms with Crippen LogP contribution >= 0.6 is 0 Å². The largest absolute Gasteiger partial charge is 0.361 e. The Morgan fingerprint density at radius 1 is 1.13 bits per heavy atom. The van der Waals surface area contributed by atoms with Gasteiger partial charge in [0, 0.05) is 11.4 Å². The zero-order chi connectivity index (χ0) is 11.4. The minimum Gasteiger partial charge on any atom is -0.361 e. The minimum atomic E-state index is -0.189. The molecule has 0 spiro atoms. The monoisotopic (exact) mass is 199 g/mol. The van der Waals surface area contributed by atoms with Crippen molar-refractivity contribution < 1.29 is 0 Å². The lowest BCUT2D eigenvalue weighted by molar-refractivity contribution is 0.796. The van der Waals surface area contributed by atoms with Crippen LogP contribution in [0.1, 0.15) is 20.8 Å². The summed E-state index contributed by atoms with van der Waals surface area (Å²) in [5.74, 6) is -0.189. The van der Waals surface area contributed by atoms with Crippen LogP contribution in [0.3, 0.4) is 0 Å². The zero-order valence-corrected chi connectivity index (χ0v) is 9.13. The highest BCUT2D eigenvalue weighted by molar-refractivity contribution is 5.49. The highest BCUT2D eigenvalue weighted by atomic mass is 14.9. The molecule has 0 bridgehead atoms. The SMILES string of the molecule is C/C=C/C1C(C#N)=C(C)NC(C)=C1C#N. The van der Waals surface area contributed by atoms with Crippen molar-refractivity contribution in [3.05, 3.63) is 34.7 Å². The van der Waals surface area contributed by atoms with Crippen LogP contribution in [0.15, 0.2) is 34.7 Å². The van der Waals surface area contributed by atoms with Crippen LogP contribution in [-0.2, 0) is 0 Å². The molecule has 76 valence electrons. The second kappa shape index (κ2) is 4.48. The van der Waals surface area contributed by atoms with E-state index in [4.69, 9.17) is 10.5 Å². The van der Waals surface area contributed by atoms with Crippen LogP contribution in [0.2, 0.25) is 0 Å². The summed E-state index contributed by atoms with van der Waals surface area (Å²) in [4.78, 5) is 0. The molecular weight excluding hydrogens is 186 g/mol. The Bertz CT molecular complexity index is 402. The van der Waals surface area contributed by atoms with Gasteiger partial charge in [-0.3, -0.25) is 0 Å². The van der Waals surface area contributed by atoms with Crippen LogP contribution in [0, 0.1) is 28.6 Å². The molecule has 0 aromatic rings. The number of nitrogens with one attached hydrogen (secondary N) is 1. The molecular formula is C12H13N3. The van der Waals surface area contributed by atoms with Gasteiger partial charge in [-0.15, -0.1) is 0 Å². The summed E-state index contributed by atoms with van der Waals surface area (Å²) in [6, 6.07) is 4.31. The molecule has 0 aromatic carbocycles. The third-order valence-corrected chi connectivity index (χ3v) is 2.43. The fourth-order valence-electron chi connectivity index (χ4n) is 1.72. The summed E-state index contributed by atoms with van der Waals surface area (Å²) >= 11 is 0. The van der Waals surface area contributed by atoms with Crippen molar-refractivity contribution >= 4 is 0 Å². The Labute approximate surface area is 90.0 Å². The fraction of sp³-hybridized carbons (Fsp3) is 0.333. The summed E-state index contributed by atoms with van der Waals surface area (Å²) in [5, 5.41) is 21.1. The first-order chi connectivity index (χ1) is 7.15. The first-order valence-corrected chi connectivity index (χ1v) is 4.77. The summed E-state index contributed by atoms with van der Waals surface area (Å²) in [7, 11) is 0. The molecule has 0 unspecified atom stereocenters. The van der Waals surface area contributed by atoms with E-state index in [0.717, 1.165) is 11.4 Å². The molecule has 1 heterocycles. The predicted octanol–water partition coefficient (Wildman–Crippen LogP) is 2.38. The molecule has 0 fully saturated rings. The number of allylic oxidation sites excluding steroid dienone is 6. The van der Waals surface area contributed by atoms with Gasteiger partial charge in [-0.25, -0.2) is 0 Å². The molecule has 0 amide bonds. The summed E-state index contributed by atoms with van der Waals surface area (Å²) in [5.41, 5.74) is 2.90. The number of nitriles is 2. The maximum absolute atomic E-state index is 9.04. The molecule has 1 N–H and O–H groups in total. The van der Waals surface area contributed by atoms with E-state index in [0.29, 0.717) is 11.1 Å². The highest BCUT2D eigenvalue weighted by Crippen LogP contribution is 2.29. The molecule has 0 saturated heterocycles. The Morgan fingerprint density at radius 2 is 1.60 bits per heavy atom. The van der Waals surface area contributed by atoms with Crippen LogP contribution < -0.4 is 5.32 Å². The minimum absolute atomic E-state index is 0.189. The average Bonchev–Trinajstić information content (AvgIpc) is 2.18. The highest BCUT2D eigenvalue weighted by Gasteiger charge is 2.24. The van der Waals surface area contributed by atoms with Gasteiger partial charge in [-0.1, -0.05) is 12.2 Å². The molecule has 1 rings (SSSR count). The molecule has 0 aliphatic carbocycles. The second-order valence-corrected chi connectivity index (χ2v) is 3.43. The van der Waals surface area contributed by atoms with Crippen LogP contribution in [0.4, 0.5) is 0 Å². The lowest BCUT2D eigenvalue weighted by Crippen LogP contribution is -2.23. The van der Waals surface area contributed by atoms with Gasteiger partial charge >= 0.3 is 0 Å². The molecule has 15 heavy (non-hydrogen) atoms. The number of dihydropyridines is 1. The van der Waals surface area contributed by atoms with Gasteiger partial charge in [0.1, 0.15) is 0 Å². The number of rotatable bonds is 1. The smallest absolute Gasteiger partial charge is 0.0975 e. The third-order valence-electron chi connectivity index (χ3n) is 2.43. The standard InChI is InChI=1S/C12H13N3/c1-4-5-10-11(6-13)8(2)15-9(3)12(10)7-14/h4-5,10,15H,1-3H3/b5-4+. The van der Waals surface area contributed by atoms with Gasteiger partial charge < -0.3 is 5.32 Å². The summed E-state index contributed by atoms with van der Waals surface area (Å²) in [6.07, 6.45) is 3.75. The van der Waals surface area contributed by atoms with Gasteiger partial charge in [-0.05, 0) is 20.8 Å². The summed E-state index contributed by atoms with van der Waals surface area (Å²) < 4.78 is 0. The van der Waals surface area contributed by atoms with E-state index in [2.05, 4.69) is 17.5 Å². The van der Waals surface area contributed by atoms with Gasteiger partial charge in [0.25, 0.3) is 0 Å². The van der Waals surface area contributed by atoms with E-state index in [1.165, 1.54) is 0 Å². The van der Waals surface area contributed by atoms with Gasteiger partial charge in [0.15, 0.2) is 0 Å². The molecule has 1 aliphatic rings. The fourth-order valence-corrected chi connectivity index (χ4v) is 1.72. The van der Waals surface area contributed by atoms with Gasteiger partial charge in [0.05, 0.1) is 29.2 Å². The second-order valence-electron chi connectivity index (χ2n) is 3.43. The normalized spacial score (nSPS) is 17.7. The van der Waals surface area contributed by atoms with Gasteiger partial charge in [-0.2, -0.15) is 10.5 Å². The Kier molecular flexibility index (Phi) is 3.31. The van der Waals surface area contributed by atoms with Gasteiger partial charge in [0.2, 0.25) is 0 Å². The number of nitrogens with zero attached hydrogens (tertiary/aromatic N) is 2. The van der Waals surface area contributed by atoms with E-state index in [9.17, 15) is 0 Å². The molecule has 0 radical (unpaired) electrons. The van der Waals surface area contributed by atoms with Crippen molar-refractivity contribution in [3.8, 4) is 12.1 Å². The molecule has 3 nitrogen and oxygen atoms in total. The van der Waals surface area contributed by atoms with Crippen LogP contribution in [0.25, 0.3) is 0 Å². The van der Waals surface area contributed by atoms with E-state index >= 15 is 0 Å². The Balaban J connectivity index is 3.29. The molecule has 0 saturated carbocycles. The molecule has 1 aliphatic heterocycles. The lowest BCUT2D eigenvalue weighted by atomic mass is 9.87. The summed E-state index contributed by atoms with van der Waals surface area (Å²) in [6.45, 7) is 5.59. The first-order valence-electron chi connectivity index (χ1n) is 4.77. The predicted molar refractivity (Wildman–Crippen MR) is 58.1 cm³/mol. The maximum Gasteiger partial charge on any atom is 0.0975 e. The number of hydrogen-bond donors (Lipinski definition) is 1. The Hall–Kier alpha value is -2.00. The van der Waals surface area contributed by atoms with Crippen LogP contribution in [0.5, 0.6) is 0 Å². The number of hydrogen-bond acceptors (Lipinski definition) is 3. The zero-order valence-electron chi connectivity index (χ0n) is 9.13. The Morgan fingerprint density at radius 3 is 1.93 bits per heavy atom.